The van der Waals surface area contributed by atoms with Gasteiger partial charge in [-0.25, -0.2) is 12.8 Å². The van der Waals surface area contributed by atoms with Crippen LogP contribution >= 0.6 is 0 Å². The molecule has 0 aliphatic heterocycles. The zero-order valence-corrected chi connectivity index (χ0v) is 13.2. The minimum absolute atomic E-state index is 0.0787. The molecule has 0 aromatic heterocycles. The molecule has 1 aromatic rings. The second-order valence-electron chi connectivity index (χ2n) is 5.69. The summed E-state index contributed by atoms with van der Waals surface area (Å²) < 4.78 is 36.5. The summed E-state index contributed by atoms with van der Waals surface area (Å²) in [6.45, 7) is 5.63. The normalized spacial score (nSPS) is 13.7. The molecule has 1 N–H and O–H groups in total. The fourth-order valence-corrected chi connectivity index (χ4v) is 2.79. The molecule has 1 rings (SSSR count). The first-order chi connectivity index (χ1) is 9.29. The molecule has 3 nitrogen and oxygen atoms in total. The first-order valence-electron chi connectivity index (χ1n) is 6.92. The Morgan fingerprint density at radius 2 is 1.85 bits per heavy atom. The minimum atomic E-state index is -3.03. The molecule has 0 radical (unpaired) electrons. The predicted octanol–water partition coefficient (Wildman–Crippen LogP) is 2.59. The van der Waals surface area contributed by atoms with E-state index >= 15 is 0 Å². The lowest BCUT2D eigenvalue weighted by Crippen LogP contribution is -2.27. The molecule has 5 heteroatoms. The minimum Gasteiger partial charge on any atom is -0.316 e. The molecule has 0 aliphatic rings. The van der Waals surface area contributed by atoms with E-state index in [9.17, 15) is 12.8 Å². The zero-order chi connectivity index (χ0) is 15.2. The topological polar surface area (TPSA) is 46.2 Å². The van der Waals surface area contributed by atoms with Crippen molar-refractivity contribution in [1.29, 1.82) is 0 Å². The van der Waals surface area contributed by atoms with Crippen molar-refractivity contribution in [2.75, 3.05) is 25.1 Å². The molecule has 20 heavy (non-hydrogen) atoms. The Morgan fingerprint density at radius 1 is 1.20 bits per heavy atom. The van der Waals surface area contributed by atoms with Gasteiger partial charge in [0.15, 0.2) is 0 Å². The Hall–Kier alpha value is -0.940. The number of hydrogen-bond donors (Lipinski definition) is 1. The third kappa shape index (κ3) is 6.48. The molecule has 0 saturated heterocycles. The van der Waals surface area contributed by atoms with Crippen LogP contribution in [0.15, 0.2) is 24.3 Å². The van der Waals surface area contributed by atoms with E-state index < -0.39 is 9.84 Å². The molecular weight excluding hydrogens is 277 g/mol. The van der Waals surface area contributed by atoms with E-state index in [2.05, 4.69) is 19.2 Å². The van der Waals surface area contributed by atoms with Crippen molar-refractivity contribution < 1.29 is 12.8 Å². The van der Waals surface area contributed by atoms with E-state index in [1.807, 2.05) is 0 Å². The summed E-state index contributed by atoms with van der Waals surface area (Å²) in [5, 5.41) is 3.29. The van der Waals surface area contributed by atoms with Gasteiger partial charge in [-0.3, -0.25) is 0 Å². The van der Waals surface area contributed by atoms with Crippen molar-refractivity contribution in [2.45, 2.75) is 26.2 Å². The van der Waals surface area contributed by atoms with Crippen LogP contribution in [0.4, 0.5) is 4.39 Å². The maximum atomic E-state index is 13.9. The Kier molecular flexibility index (Phi) is 6.62. The van der Waals surface area contributed by atoms with E-state index in [4.69, 9.17) is 0 Å². The average Bonchev–Trinajstić information content (AvgIpc) is 2.33. The number of benzene rings is 1. The molecule has 0 saturated carbocycles. The SMILES string of the molecule is CC(C)CNCC(CCS(C)(=O)=O)c1ccccc1F. The predicted molar refractivity (Wildman–Crippen MR) is 81.2 cm³/mol. The molecule has 0 aliphatic carbocycles. The number of rotatable bonds is 8. The van der Waals surface area contributed by atoms with Gasteiger partial charge in [-0.1, -0.05) is 32.0 Å². The average molecular weight is 301 g/mol. The van der Waals surface area contributed by atoms with Crippen LogP contribution < -0.4 is 5.32 Å². The van der Waals surface area contributed by atoms with Crippen molar-refractivity contribution in [2.24, 2.45) is 5.92 Å². The van der Waals surface area contributed by atoms with Crippen LogP contribution in [-0.4, -0.2) is 33.5 Å². The summed E-state index contributed by atoms with van der Waals surface area (Å²) in [5.41, 5.74) is 0.590. The van der Waals surface area contributed by atoms with Crippen LogP contribution in [0, 0.1) is 11.7 Å². The Labute approximate surface area is 121 Å². The van der Waals surface area contributed by atoms with Crippen LogP contribution in [0.1, 0.15) is 31.7 Å². The monoisotopic (exact) mass is 301 g/mol. The van der Waals surface area contributed by atoms with Crippen LogP contribution in [0.3, 0.4) is 0 Å². The van der Waals surface area contributed by atoms with Gasteiger partial charge in [0.1, 0.15) is 15.7 Å². The van der Waals surface area contributed by atoms with Gasteiger partial charge < -0.3 is 5.32 Å². The fourth-order valence-electron chi connectivity index (χ4n) is 2.08. The second kappa shape index (κ2) is 7.74. The first kappa shape index (κ1) is 17.1. The Morgan fingerprint density at radius 3 is 2.40 bits per heavy atom. The van der Waals surface area contributed by atoms with Crippen molar-refractivity contribution >= 4 is 9.84 Å². The van der Waals surface area contributed by atoms with Crippen LogP contribution in [0.5, 0.6) is 0 Å². The van der Waals surface area contributed by atoms with Crippen LogP contribution in [0.2, 0.25) is 0 Å². The highest BCUT2D eigenvalue weighted by atomic mass is 32.2. The van der Waals surface area contributed by atoms with Crippen molar-refractivity contribution in [3.05, 3.63) is 35.6 Å². The number of halogens is 1. The molecule has 0 heterocycles. The molecule has 114 valence electrons. The summed E-state index contributed by atoms with van der Waals surface area (Å²) in [7, 11) is -3.03. The van der Waals surface area contributed by atoms with Gasteiger partial charge in [0.05, 0.1) is 5.75 Å². The van der Waals surface area contributed by atoms with Crippen LogP contribution in [0.25, 0.3) is 0 Å². The van der Waals surface area contributed by atoms with E-state index in [1.165, 1.54) is 12.3 Å². The smallest absolute Gasteiger partial charge is 0.147 e. The molecule has 0 bridgehead atoms. The molecule has 0 amide bonds. The third-order valence-corrected chi connectivity index (χ3v) is 4.10. The first-order valence-corrected chi connectivity index (χ1v) is 8.98. The summed E-state index contributed by atoms with van der Waals surface area (Å²) in [6.07, 6.45) is 1.65. The standard InChI is InChI=1S/C15H24FNO2S/c1-12(2)10-17-11-13(8-9-20(3,18)19)14-6-4-5-7-15(14)16/h4-7,12-13,17H,8-11H2,1-3H3. The van der Waals surface area contributed by atoms with Gasteiger partial charge in [0, 0.05) is 18.7 Å². The second-order valence-corrected chi connectivity index (χ2v) is 7.95. The van der Waals surface area contributed by atoms with E-state index in [1.54, 1.807) is 18.2 Å². The van der Waals surface area contributed by atoms with Crippen molar-refractivity contribution in [3.8, 4) is 0 Å². The van der Waals surface area contributed by atoms with E-state index in [0.29, 0.717) is 24.4 Å². The molecular formula is C15H24FNO2S. The third-order valence-electron chi connectivity index (χ3n) is 3.13. The lowest BCUT2D eigenvalue weighted by Gasteiger charge is -2.19. The molecule has 0 spiro atoms. The Bertz CT molecular complexity index is 514. The summed E-state index contributed by atoms with van der Waals surface area (Å²) in [6, 6.07) is 6.59. The molecule has 1 aromatic carbocycles. The van der Waals surface area contributed by atoms with Gasteiger partial charge in [-0.15, -0.1) is 0 Å². The largest absolute Gasteiger partial charge is 0.316 e. The van der Waals surface area contributed by atoms with E-state index in [-0.39, 0.29) is 17.5 Å². The quantitative estimate of drug-likeness (QED) is 0.803. The van der Waals surface area contributed by atoms with Gasteiger partial charge in [-0.2, -0.15) is 0 Å². The molecule has 1 unspecified atom stereocenters. The zero-order valence-electron chi connectivity index (χ0n) is 12.4. The van der Waals surface area contributed by atoms with Gasteiger partial charge in [0.2, 0.25) is 0 Å². The van der Waals surface area contributed by atoms with Crippen molar-refractivity contribution in [1.82, 2.24) is 5.32 Å². The Balaban J connectivity index is 2.76. The summed E-state index contributed by atoms with van der Waals surface area (Å²) >= 11 is 0. The highest BCUT2D eigenvalue weighted by Gasteiger charge is 2.17. The maximum absolute atomic E-state index is 13.9. The highest BCUT2D eigenvalue weighted by Crippen LogP contribution is 2.22. The molecule has 0 fully saturated rings. The number of nitrogens with one attached hydrogen (secondary N) is 1. The highest BCUT2D eigenvalue weighted by molar-refractivity contribution is 7.90. The lowest BCUT2D eigenvalue weighted by molar-refractivity contribution is 0.492. The van der Waals surface area contributed by atoms with E-state index in [0.717, 1.165) is 6.54 Å². The number of hydrogen-bond acceptors (Lipinski definition) is 3. The number of sulfone groups is 1. The fraction of sp³-hybridized carbons (Fsp3) is 0.600. The summed E-state index contributed by atoms with van der Waals surface area (Å²) in [4.78, 5) is 0. The van der Waals surface area contributed by atoms with Gasteiger partial charge >= 0.3 is 0 Å². The maximum Gasteiger partial charge on any atom is 0.147 e. The van der Waals surface area contributed by atoms with Gasteiger partial charge in [-0.05, 0) is 30.5 Å². The van der Waals surface area contributed by atoms with Crippen LogP contribution in [-0.2, 0) is 9.84 Å². The molecule has 1 atom stereocenters. The summed E-state index contributed by atoms with van der Waals surface area (Å²) in [5.74, 6) is 0.197. The lowest BCUT2D eigenvalue weighted by atomic mass is 9.95. The van der Waals surface area contributed by atoms with Gasteiger partial charge in [0.25, 0.3) is 0 Å². The van der Waals surface area contributed by atoms with Crippen molar-refractivity contribution in [3.63, 3.8) is 0 Å².